The van der Waals surface area contributed by atoms with Gasteiger partial charge >= 0.3 is 5.97 Å². The van der Waals surface area contributed by atoms with Crippen molar-refractivity contribution < 1.29 is 14.3 Å². The maximum absolute atomic E-state index is 12.8. The summed E-state index contributed by atoms with van der Waals surface area (Å²) in [4.78, 5) is 42.1. The molecule has 0 unspecified atom stereocenters. The molecule has 32 heavy (non-hydrogen) atoms. The molecule has 0 bridgehead atoms. The number of aryl methyl sites for hydroxylation is 1. The molecule has 1 amide bonds. The molecular formula is C22H18Cl3N3O4. The van der Waals surface area contributed by atoms with Crippen LogP contribution in [0.15, 0.2) is 35.1 Å². The highest BCUT2D eigenvalue weighted by Gasteiger charge is 2.17. The summed E-state index contributed by atoms with van der Waals surface area (Å²) in [6, 6.07) is 7.43. The van der Waals surface area contributed by atoms with Gasteiger partial charge in [-0.1, -0.05) is 41.2 Å². The number of hydrogen-bond donors (Lipinski definition) is 1. The van der Waals surface area contributed by atoms with Crippen molar-refractivity contribution in [3.8, 4) is 0 Å². The van der Waals surface area contributed by atoms with Gasteiger partial charge in [0.1, 0.15) is 5.82 Å². The zero-order valence-corrected chi connectivity index (χ0v) is 19.1. The third-order valence-corrected chi connectivity index (χ3v) is 5.97. The van der Waals surface area contributed by atoms with Crippen LogP contribution in [0.2, 0.25) is 15.1 Å². The molecule has 1 N–H and O–H groups in total. The van der Waals surface area contributed by atoms with Crippen molar-refractivity contribution in [1.82, 2.24) is 9.55 Å². The SMILES string of the molecule is O=C(COC(=O)c1ccc2c(=O)n3c(nc2c1)CCCCC3)Nc1c(Cl)cc(Cl)cc1Cl. The molecule has 10 heteroatoms. The highest BCUT2D eigenvalue weighted by molar-refractivity contribution is 6.42. The average molecular weight is 495 g/mol. The Kier molecular flexibility index (Phi) is 6.69. The summed E-state index contributed by atoms with van der Waals surface area (Å²) in [6.07, 6.45) is 3.68. The van der Waals surface area contributed by atoms with Crippen molar-refractivity contribution in [2.75, 3.05) is 11.9 Å². The molecule has 0 spiro atoms. The Morgan fingerprint density at radius 3 is 2.56 bits per heavy atom. The number of nitrogens with zero attached hydrogens (tertiary/aromatic N) is 2. The minimum Gasteiger partial charge on any atom is -0.452 e. The van der Waals surface area contributed by atoms with Crippen LogP contribution in [-0.4, -0.2) is 28.0 Å². The Bertz CT molecular complexity index is 1270. The van der Waals surface area contributed by atoms with E-state index in [0.717, 1.165) is 31.5 Å². The maximum Gasteiger partial charge on any atom is 0.338 e. The number of halogens is 3. The average Bonchev–Trinajstić information content (AvgIpc) is 3.00. The van der Waals surface area contributed by atoms with E-state index in [1.54, 1.807) is 10.6 Å². The maximum atomic E-state index is 12.8. The van der Waals surface area contributed by atoms with E-state index in [0.29, 0.717) is 22.5 Å². The van der Waals surface area contributed by atoms with E-state index in [1.165, 1.54) is 24.3 Å². The summed E-state index contributed by atoms with van der Waals surface area (Å²) in [5.74, 6) is -0.610. The molecular weight excluding hydrogens is 477 g/mol. The first kappa shape index (κ1) is 22.6. The van der Waals surface area contributed by atoms with Gasteiger partial charge in [-0.05, 0) is 43.2 Å². The molecule has 4 rings (SSSR count). The summed E-state index contributed by atoms with van der Waals surface area (Å²) in [5.41, 5.74) is 0.692. The summed E-state index contributed by atoms with van der Waals surface area (Å²) in [6.45, 7) is 0.101. The molecule has 1 aromatic heterocycles. The fraction of sp³-hybridized carbons (Fsp3) is 0.273. The van der Waals surface area contributed by atoms with Gasteiger partial charge in [-0.2, -0.15) is 0 Å². The van der Waals surface area contributed by atoms with Crippen LogP contribution in [0.4, 0.5) is 5.69 Å². The van der Waals surface area contributed by atoms with Gasteiger partial charge in [0, 0.05) is 18.0 Å². The molecule has 0 radical (unpaired) electrons. The van der Waals surface area contributed by atoms with Crippen molar-refractivity contribution >= 4 is 63.3 Å². The molecule has 166 valence electrons. The molecule has 1 aliphatic heterocycles. The van der Waals surface area contributed by atoms with Crippen molar-refractivity contribution in [3.05, 3.63) is 67.1 Å². The number of aromatic nitrogens is 2. The number of hydrogen-bond acceptors (Lipinski definition) is 5. The van der Waals surface area contributed by atoms with Gasteiger partial charge in [0.25, 0.3) is 11.5 Å². The Labute approximate surface area is 198 Å². The summed E-state index contributed by atoms with van der Waals surface area (Å²) >= 11 is 17.9. The van der Waals surface area contributed by atoms with Gasteiger partial charge < -0.3 is 10.1 Å². The van der Waals surface area contributed by atoms with Gasteiger partial charge in [-0.3, -0.25) is 14.2 Å². The predicted octanol–water partition coefficient (Wildman–Crippen LogP) is 4.88. The van der Waals surface area contributed by atoms with E-state index in [2.05, 4.69) is 10.3 Å². The lowest BCUT2D eigenvalue weighted by atomic mass is 10.1. The van der Waals surface area contributed by atoms with Gasteiger partial charge in [-0.25, -0.2) is 9.78 Å². The van der Waals surface area contributed by atoms with Crippen LogP contribution < -0.4 is 10.9 Å². The molecule has 0 saturated carbocycles. The van der Waals surface area contributed by atoms with E-state index in [4.69, 9.17) is 39.5 Å². The molecule has 3 aromatic rings. The Balaban J connectivity index is 1.48. The van der Waals surface area contributed by atoms with E-state index < -0.39 is 18.5 Å². The number of esters is 1. The van der Waals surface area contributed by atoms with Crippen LogP contribution in [0.1, 0.15) is 35.4 Å². The van der Waals surface area contributed by atoms with Crippen molar-refractivity contribution in [3.63, 3.8) is 0 Å². The van der Waals surface area contributed by atoms with Gasteiger partial charge in [0.15, 0.2) is 6.61 Å². The normalized spacial score (nSPS) is 13.3. The van der Waals surface area contributed by atoms with Crippen LogP contribution in [-0.2, 0) is 22.5 Å². The lowest BCUT2D eigenvalue weighted by Gasteiger charge is -2.11. The standard InChI is InChI=1S/C22H18Cl3N3O4/c23-13-9-15(24)20(16(25)10-13)27-19(29)11-32-22(31)12-5-6-14-17(8-12)26-18-4-2-1-3-7-28(18)21(14)30/h5-6,8-10H,1-4,7,11H2,(H,27,29). The second-order valence-electron chi connectivity index (χ2n) is 7.40. The predicted molar refractivity (Wildman–Crippen MR) is 124 cm³/mol. The first-order valence-electron chi connectivity index (χ1n) is 9.98. The molecule has 0 aliphatic carbocycles. The largest absolute Gasteiger partial charge is 0.452 e. The van der Waals surface area contributed by atoms with Gasteiger partial charge in [0.05, 0.1) is 32.2 Å². The van der Waals surface area contributed by atoms with Crippen LogP contribution in [0.5, 0.6) is 0 Å². The van der Waals surface area contributed by atoms with E-state index >= 15 is 0 Å². The third kappa shape index (κ3) is 4.75. The zero-order chi connectivity index (χ0) is 22.8. The fourth-order valence-electron chi connectivity index (χ4n) is 3.60. The number of rotatable bonds is 4. The quantitative estimate of drug-likeness (QED) is 0.522. The number of anilines is 1. The van der Waals surface area contributed by atoms with Gasteiger partial charge in [-0.15, -0.1) is 0 Å². The van der Waals surface area contributed by atoms with Gasteiger partial charge in [0.2, 0.25) is 0 Å². The Morgan fingerprint density at radius 2 is 1.81 bits per heavy atom. The monoisotopic (exact) mass is 493 g/mol. The lowest BCUT2D eigenvalue weighted by molar-refractivity contribution is -0.119. The smallest absolute Gasteiger partial charge is 0.338 e. The van der Waals surface area contributed by atoms with Crippen LogP contribution in [0.25, 0.3) is 10.9 Å². The second kappa shape index (κ2) is 9.48. The fourth-order valence-corrected chi connectivity index (χ4v) is 4.51. The van der Waals surface area contributed by atoms with Crippen LogP contribution in [0.3, 0.4) is 0 Å². The van der Waals surface area contributed by atoms with E-state index in [-0.39, 0.29) is 26.9 Å². The Morgan fingerprint density at radius 1 is 1.06 bits per heavy atom. The summed E-state index contributed by atoms with van der Waals surface area (Å²) in [7, 11) is 0. The third-order valence-electron chi connectivity index (χ3n) is 5.16. The molecule has 1 aliphatic rings. The molecule has 2 aromatic carbocycles. The van der Waals surface area contributed by atoms with E-state index in [1.807, 2.05) is 0 Å². The summed E-state index contributed by atoms with van der Waals surface area (Å²) in [5, 5.41) is 3.58. The van der Waals surface area contributed by atoms with Crippen LogP contribution in [0, 0.1) is 0 Å². The van der Waals surface area contributed by atoms with Crippen molar-refractivity contribution in [2.24, 2.45) is 0 Å². The second-order valence-corrected chi connectivity index (χ2v) is 8.65. The molecule has 0 fully saturated rings. The Hall–Kier alpha value is -2.61. The molecule has 7 nitrogen and oxygen atoms in total. The molecule has 0 atom stereocenters. The number of carbonyl (C=O) groups excluding carboxylic acids is 2. The molecule has 2 heterocycles. The first-order valence-corrected chi connectivity index (χ1v) is 11.1. The van der Waals surface area contributed by atoms with Crippen LogP contribution >= 0.6 is 34.8 Å². The first-order chi connectivity index (χ1) is 15.3. The number of nitrogens with one attached hydrogen (secondary N) is 1. The number of fused-ring (bicyclic) bond motifs is 2. The topological polar surface area (TPSA) is 90.3 Å². The lowest BCUT2D eigenvalue weighted by Crippen LogP contribution is -2.25. The summed E-state index contributed by atoms with van der Waals surface area (Å²) < 4.78 is 6.82. The minimum atomic E-state index is -0.716. The number of amides is 1. The number of benzene rings is 2. The highest BCUT2D eigenvalue weighted by atomic mass is 35.5. The minimum absolute atomic E-state index is 0.108. The van der Waals surface area contributed by atoms with Crippen molar-refractivity contribution in [2.45, 2.75) is 32.2 Å². The zero-order valence-electron chi connectivity index (χ0n) is 16.8. The number of ether oxygens (including phenoxy) is 1. The van der Waals surface area contributed by atoms with Crippen molar-refractivity contribution in [1.29, 1.82) is 0 Å². The highest BCUT2D eigenvalue weighted by Crippen LogP contribution is 2.33. The molecule has 0 saturated heterocycles. The van der Waals surface area contributed by atoms with E-state index in [9.17, 15) is 14.4 Å². The number of carbonyl (C=O) groups is 2.